The Morgan fingerprint density at radius 2 is 2.27 bits per heavy atom. The summed E-state index contributed by atoms with van der Waals surface area (Å²) in [5, 5.41) is 7.38. The second-order valence-electron chi connectivity index (χ2n) is 4.41. The van der Waals surface area contributed by atoms with Crippen LogP contribution in [0.2, 0.25) is 0 Å². The quantitative estimate of drug-likeness (QED) is 0.757. The van der Waals surface area contributed by atoms with Crippen LogP contribution in [0.25, 0.3) is 0 Å². The van der Waals surface area contributed by atoms with E-state index in [2.05, 4.69) is 24.0 Å². The molecule has 1 aromatic rings. The Morgan fingerprint density at radius 3 is 2.87 bits per heavy atom. The van der Waals surface area contributed by atoms with E-state index in [-0.39, 0.29) is 5.91 Å². The van der Waals surface area contributed by atoms with Gasteiger partial charge in [0.2, 0.25) is 5.91 Å². The lowest BCUT2D eigenvalue weighted by atomic mass is 9.98. The lowest BCUT2D eigenvalue weighted by Gasteiger charge is -2.25. The van der Waals surface area contributed by atoms with Crippen molar-refractivity contribution in [2.45, 2.75) is 39.7 Å². The highest BCUT2D eigenvalue weighted by Gasteiger charge is 2.23. The summed E-state index contributed by atoms with van der Waals surface area (Å²) in [6, 6.07) is 0. The van der Waals surface area contributed by atoms with E-state index < -0.39 is 0 Å². The maximum atomic E-state index is 11.2. The standard InChI is InChI=1S/C11H17N3O/c1-7(2)11-9-4-5-14(8(3)15)6-10(9)12-13-11/h7H,4-6H2,1-3H3,(H,12,13). The van der Waals surface area contributed by atoms with Crippen LogP contribution < -0.4 is 0 Å². The fourth-order valence-corrected chi connectivity index (χ4v) is 2.09. The molecule has 1 N–H and O–H groups in total. The Morgan fingerprint density at radius 1 is 1.53 bits per heavy atom. The maximum absolute atomic E-state index is 11.2. The zero-order valence-corrected chi connectivity index (χ0v) is 9.50. The molecule has 0 atom stereocenters. The zero-order chi connectivity index (χ0) is 11.0. The Balaban J connectivity index is 2.26. The van der Waals surface area contributed by atoms with Crippen LogP contribution in [0.4, 0.5) is 0 Å². The van der Waals surface area contributed by atoms with Crippen molar-refractivity contribution in [2.75, 3.05) is 6.54 Å². The third kappa shape index (κ3) is 1.76. The van der Waals surface area contributed by atoms with Crippen molar-refractivity contribution in [3.8, 4) is 0 Å². The Labute approximate surface area is 89.7 Å². The van der Waals surface area contributed by atoms with E-state index in [1.54, 1.807) is 6.92 Å². The molecule has 1 aliphatic rings. The van der Waals surface area contributed by atoms with Gasteiger partial charge in [-0.1, -0.05) is 13.8 Å². The van der Waals surface area contributed by atoms with Gasteiger partial charge >= 0.3 is 0 Å². The van der Waals surface area contributed by atoms with Gasteiger partial charge in [0, 0.05) is 19.0 Å². The molecule has 0 aromatic carbocycles. The van der Waals surface area contributed by atoms with Gasteiger partial charge in [-0.3, -0.25) is 9.89 Å². The Bertz CT molecular complexity index is 381. The fraction of sp³-hybridized carbons (Fsp3) is 0.636. The average Bonchev–Trinajstić information content (AvgIpc) is 2.59. The fourth-order valence-electron chi connectivity index (χ4n) is 2.09. The van der Waals surface area contributed by atoms with Gasteiger partial charge in [-0.15, -0.1) is 0 Å². The van der Waals surface area contributed by atoms with E-state index in [4.69, 9.17) is 0 Å². The molecule has 0 spiro atoms. The van der Waals surface area contributed by atoms with Crippen molar-refractivity contribution in [2.24, 2.45) is 0 Å². The summed E-state index contributed by atoms with van der Waals surface area (Å²) in [6.07, 6.45) is 0.929. The van der Waals surface area contributed by atoms with Crippen LogP contribution in [0.1, 0.15) is 43.6 Å². The number of fused-ring (bicyclic) bond motifs is 1. The summed E-state index contributed by atoms with van der Waals surface area (Å²) in [7, 11) is 0. The van der Waals surface area contributed by atoms with E-state index in [9.17, 15) is 4.79 Å². The number of hydrogen-bond donors (Lipinski definition) is 1. The van der Waals surface area contributed by atoms with Crippen molar-refractivity contribution in [1.82, 2.24) is 15.1 Å². The summed E-state index contributed by atoms with van der Waals surface area (Å²) >= 11 is 0. The third-order valence-corrected chi connectivity index (χ3v) is 2.96. The van der Waals surface area contributed by atoms with Gasteiger partial charge in [0.1, 0.15) is 0 Å². The summed E-state index contributed by atoms with van der Waals surface area (Å²) in [5.41, 5.74) is 3.59. The van der Waals surface area contributed by atoms with Gasteiger partial charge in [-0.05, 0) is 12.3 Å². The Kier molecular flexibility index (Phi) is 2.50. The normalized spacial score (nSPS) is 15.6. The predicted octanol–water partition coefficient (Wildman–Crippen LogP) is 1.44. The van der Waals surface area contributed by atoms with Crippen molar-refractivity contribution >= 4 is 5.91 Å². The molecule has 2 heterocycles. The largest absolute Gasteiger partial charge is 0.337 e. The topological polar surface area (TPSA) is 49.0 Å². The first-order valence-electron chi connectivity index (χ1n) is 5.41. The van der Waals surface area contributed by atoms with Gasteiger partial charge in [0.05, 0.1) is 17.9 Å². The molecule has 4 nitrogen and oxygen atoms in total. The number of hydrogen-bond acceptors (Lipinski definition) is 2. The maximum Gasteiger partial charge on any atom is 0.219 e. The number of carbonyl (C=O) groups is 1. The van der Waals surface area contributed by atoms with E-state index in [0.29, 0.717) is 12.5 Å². The van der Waals surface area contributed by atoms with Gasteiger partial charge in [-0.2, -0.15) is 5.10 Å². The SMILES string of the molecule is CC(=O)N1CCc2c(C(C)C)n[nH]c2C1. The van der Waals surface area contributed by atoms with Gasteiger partial charge < -0.3 is 4.90 Å². The number of aromatic nitrogens is 2. The number of aromatic amines is 1. The molecule has 82 valence electrons. The molecule has 1 amide bonds. The van der Waals surface area contributed by atoms with E-state index in [1.807, 2.05) is 4.90 Å². The summed E-state index contributed by atoms with van der Waals surface area (Å²) in [6.45, 7) is 7.41. The zero-order valence-electron chi connectivity index (χ0n) is 9.50. The molecule has 15 heavy (non-hydrogen) atoms. The second-order valence-corrected chi connectivity index (χ2v) is 4.41. The molecule has 4 heteroatoms. The molecule has 0 radical (unpaired) electrons. The van der Waals surface area contributed by atoms with Crippen LogP contribution in [0, 0.1) is 0 Å². The van der Waals surface area contributed by atoms with E-state index in [1.165, 1.54) is 5.56 Å². The van der Waals surface area contributed by atoms with Gasteiger partial charge in [0.15, 0.2) is 0 Å². The van der Waals surface area contributed by atoms with Crippen LogP contribution in [0.15, 0.2) is 0 Å². The molecule has 0 fully saturated rings. The Hall–Kier alpha value is -1.32. The molecule has 2 rings (SSSR count). The van der Waals surface area contributed by atoms with Crippen LogP contribution in [0.3, 0.4) is 0 Å². The minimum atomic E-state index is 0.140. The van der Waals surface area contributed by atoms with Crippen molar-refractivity contribution < 1.29 is 4.79 Å². The lowest BCUT2D eigenvalue weighted by Crippen LogP contribution is -2.34. The monoisotopic (exact) mass is 207 g/mol. The number of H-pyrrole nitrogens is 1. The van der Waals surface area contributed by atoms with Gasteiger partial charge in [-0.25, -0.2) is 0 Å². The summed E-state index contributed by atoms with van der Waals surface area (Å²) < 4.78 is 0. The number of nitrogens with zero attached hydrogens (tertiary/aromatic N) is 2. The molecule has 1 aliphatic heterocycles. The number of rotatable bonds is 1. The third-order valence-electron chi connectivity index (χ3n) is 2.96. The minimum Gasteiger partial charge on any atom is -0.337 e. The van der Waals surface area contributed by atoms with Crippen molar-refractivity contribution in [3.05, 3.63) is 17.0 Å². The summed E-state index contributed by atoms with van der Waals surface area (Å²) in [4.78, 5) is 13.1. The van der Waals surface area contributed by atoms with Crippen LogP contribution in [-0.4, -0.2) is 27.5 Å². The molecule has 0 aliphatic carbocycles. The van der Waals surface area contributed by atoms with Crippen molar-refractivity contribution in [3.63, 3.8) is 0 Å². The predicted molar refractivity (Wildman–Crippen MR) is 57.5 cm³/mol. The first-order chi connectivity index (χ1) is 7.09. The molecule has 0 unspecified atom stereocenters. The summed E-state index contributed by atoms with van der Waals surface area (Å²) in [5.74, 6) is 0.593. The lowest BCUT2D eigenvalue weighted by molar-refractivity contribution is -0.129. The molecular weight excluding hydrogens is 190 g/mol. The first-order valence-corrected chi connectivity index (χ1v) is 5.41. The number of carbonyl (C=O) groups excluding carboxylic acids is 1. The molecule has 1 aromatic heterocycles. The number of amides is 1. The highest BCUT2D eigenvalue weighted by molar-refractivity contribution is 5.73. The molecular formula is C11H17N3O. The van der Waals surface area contributed by atoms with Crippen LogP contribution in [0.5, 0.6) is 0 Å². The minimum absolute atomic E-state index is 0.140. The highest BCUT2D eigenvalue weighted by atomic mass is 16.2. The first kappa shape index (κ1) is 10.2. The van der Waals surface area contributed by atoms with Gasteiger partial charge in [0.25, 0.3) is 0 Å². The smallest absolute Gasteiger partial charge is 0.219 e. The number of nitrogens with one attached hydrogen (secondary N) is 1. The van der Waals surface area contributed by atoms with Crippen molar-refractivity contribution in [1.29, 1.82) is 0 Å². The second kappa shape index (κ2) is 3.68. The highest BCUT2D eigenvalue weighted by Crippen LogP contribution is 2.24. The van der Waals surface area contributed by atoms with Crippen LogP contribution in [-0.2, 0) is 17.8 Å². The molecule has 0 saturated carbocycles. The average molecular weight is 207 g/mol. The molecule has 0 bridgehead atoms. The van der Waals surface area contributed by atoms with E-state index >= 15 is 0 Å². The van der Waals surface area contributed by atoms with Crippen LogP contribution >= 0.6 is 0 Å². The van der Waals surface area contributed by atoms with E-state index in [0.717, 1.165) is 24.4 Å². The molecule has 0 saturated heterocycles.